The Kier molecular flexibility index (Phi) is 4.91. The first-order valence-corrected chi connectivity index (χ1v) is 8.49. The van der Waals surface area contributed by atoms with Crippen molar-refractivity contribution in [3.8, 4) is 0 Å². The molecule has 1 amide bonds. The molecule has 134 valence electrons. The zero-order valence-corrected chi connectivity index (χ0v) is 15.0. The Morgan fingerprint density at radius 1 is 1.24 bits per heavy atom. The molecule has 0 radical (unpaired) electrons. The van der Waals surface area contributed by atoms with Crippen LogP contribution in [-0.2, 0) is 11.3 Å². The van der Waals surface area contributed by atoms with Gasteiger partial charge in [0.05, 0.1) is 28.2 Å². The minimum Gasteiger partial charge on any atom is -0.478 e. The number of piperazine rings is 1. The van der Waals surface area contributed by atoms with Gasteiger partial charge in [-0.05, 0) is 6.92 Å². The quantitative estimate of drug-likeness (QED) is 0.876. The van der Waals surface area contributed by atoms with Crippen LogP contribution < -0.4 is 0 Å². The average molecular weight is 366 g/mol. The van der Waals surface area contributed by atoms with Crippen molar-refractivity contribution < 1.29 is 14.7 Å². The maximum atomic E-state index is 11.4. The summed E-state index contributed by atoms with van der Waals surface area (Å²) in [6.45, 7) is 7.92. The number of aromatic carboxylic acids is 1. The van der Waals surface area contributed by atoms with E-state index < -0.39 is 5.97 Å². The van der Waals surface area contributed by atoms with Crippen molar-refractivity contribution in [3.05, 3.63) is 22.5 Å². The third-order valence-electron chi connectivity index (χ3n) is 4.55. The number of aryl methyl sites for hydroxylation is 1. The fourth-order valence-corrected chi connectivity index (χ4v) is 3.45. The van der Waals surface area contributed by atoms with Crippen LogP contribution in [0.15, 0.2) is 6.20 Å². The Morgan fingerprint density at radius 2 is 1.92 bits per heavy atom. The van der Waals surface area contributed by atoms with Gasteiger partial charge in [0.25, 0.3) is 0 Å². The Hall–Kier alpha value is -2.19. The predicted molar refractivity (Wildman–Crippen MR) is 92.9 cm³/mol. The van der Waals surface area contributed by atoms with Crippen molar-refractivity contribution in [2.45, 2.75) is 20.4 Å². The van der Waals surface area contributed by atoms with Crippen LogP contribution in [0.3, 0.4) is 0 Å². The number of aromatic nitrogens is 3. The molecular weight excluding hydrogens is 346 g/mol. The molecular formula is C16H20ClN5O3. The molecule has 3 rings (SSSR count). The molecule has 0 spiro atoms. The maximum absolute atomic E-state index is 11.4. The number of hydrogen-bond acceptors (Lipinski definition) is 5. The number of carboxylic acids is 1. The van der Waals surface area contributed by atoms with Crippen LogP contribution in [-0.4, -0.2) is 74.3 Å². The molecule has 1 aliphatic rings. The predicted octanol–water partition coefficient (Wildman–Crippen LogP) is 1.26. The minimum absolute atomic E-state index is 0.0165. The van der Waals surface area contributed by atoms with Crippen LogP contribution >= 0.6 is 11.6 Å². The lowest BCUT2D eigenvalue weighted by atomic mass is 10.2. The fraction of sp³-hybridized carbons (Fsp3) is 0.500. The van der Waals surface area contributed by atoms with Gasteiger partial charge in [-0.15, -0.1) is 0 Å². The first-order chi connectivity index (χ1) is 11.9. The van der Waals surface area contributed by atoms with E-state index in [9.17, 15) is 14.7 Å². The number of carboxylic acid groups (broad SMARTS) is 1. The molecule has 0 bridgehead atoms. The van der Waals surface area contributed by atoms with Crippen LogP contribution in [0.4, 0.5) is 0 Å². The molecule has 1 aliphatic heterocycles. The molecule has 0 aromatic carbocycles. The van der Waals surface area contributed by atoms with E-state index in [1.165, 1.54) is 6.20 Å². The van der Waals surface area contributed by atoms with Gasteiger partial charge in [-0.1, -0.05) is 11.6 Å². The highest BCUT2D eigenvalue weighted by atomic mass is 35.5. The van der Waals surface area contributed by atoms with Gasteiger partial charge in [0.1, 0.15) is 0 Å². The largest absolute Gasteiger partial charge is 0.478 e. The van der Waals surface area contributed by atoms with E-state index in [4.69, 9.17) is 11.6 Å². The summed E-state index contributed by atoms with van der Waals surface area (Å²) in [5.41, 5.74) is 1.24. The number of fused-ring (bicyclic) bond motifs is 1. The van der Waals surface area contributed by atoms with Gasteiger partial charge in [-0.2, -0.15) is 5.10 Å². The van der Waals surface area contributed by atoms with Gasteiger partial charge in [0, 0.05) is 45.8 Å². The summed E-state index contributed by atoms with van der Waals surface area (Å²) >= 11 is 6.23. The lowest BCUT2D eigenvalue weighted by Gasteiger charge is -2.34. The lowest BCUT2D eigenvalue weighted by molar-refractivity contribution is -0.130. The van der Waals surface area contributed by atoms with E-state index in [0.717, 1.165) is 32.7 Å². The molecule has 1 N–H and O–H groups in total. The highest BCUT2D eigenvalue weighted by Crippen LogP contribution is 2.28. The van der Waals surface area contributed by atoms with Gasteiger partial charge in [0.15, 0.2) is 5.65 Å². The number of carbonyl (C=O) groups is 2. The summed E-state index contributed by atoms with van der Waals surface area (Å²) in [7, 11) is 0. The van der Waals surface area contributed by atoms with Gasteiger partial charge in [0.2, 0.25) is 5.91 Å². The van der Waals surface area contributed by atoms with Gasteiger partial charge >= 0.3 is 5.97 Å². The lowest BCUT2D eigenvalue weighted by Crippen LogP contribution is -2.48. The SMILES string of the molecule is CC(=O)N1CCN(CCn2nc(C)c3c(Cl)c(C(=O)O)cnc32)CC1. The molecule has 0 atom stereocenters. The normalized spacial score (nSPS) is 15.7. The van der Waals surface area contributed by atoms with E-state index in [0.29, 0.717) is 23.3 Å². The number of hydrogen-bond donors (Lipinski definition) is 1. The molecule has 1 saturated heterocycles. The Labute approximate surface area is 150 Å². The third-order valence-corrected chi connectivity index (χ3v) is 4.94. The van der Waals surface area contributed by atoms with Crippen molar-refractivity contribution in [3.63, 3.8) is 0 Å². The molecule has 2 aromatic rings. The van der Waals surface area contributed by atoms with Gasteiger partial charge in [-0.25, -0.2) is 14.5 Å². The van der Waals surface area contributed by atoms with Crippen LogP contribution in [0.5, 0.6) is 0 Å². The number of pyridine rings is 1. The Morgan fingerprint density at radius 3 is 2.52 bits per heavy atom. The van der Waals surface area contributed by atoms with Gasteiger partial charge in [-0.3, -0.25) is 9.69 Å². The zero-order chi connectivity index (χ0) is 18.1. The third kappa shape index (κ3) is 3.45. The summed E-state index contributed by atoms with van der Waals surface area (Å²) in [5, 5.41) is 14.4. The van der Waals surface area contributed by atoms with Crippen LogP contribution in [0.25, 0.3) is 11.0 Å². The number of nitrogens with zero attached hydrogens (tertiary/aromatic N) is 5. The molecule has 3 heterocycles. The molecule has 25 heavy (non-hydrogen) atoms. The second-order valence-corrected chi connectivity index (χ2v) is 6.52. The number of rotatable bonds is 4. The second kappa shape index (κ2) is 6.97. The van der Waals surface area contributed by atoms with E-state index in [-0.39, 0.29) is 16.5 Å². The standard InChI is InChI=1S/C16H20ClN5O3/c1-10-13-14(17)12(16(24)25)9-18-15(13)22(19-10)8-5-20-3-6-21(7-4-20)11(2)23/h9H,3-8H2,1-2H3,(H,24,25). The van der Waals surface area contributed by atoms with E-state index in [1.807, 2.05) is 4.90 Å². The molecule has 0 aliphatic carbocycles. The number of halogens is 1. The summed E-state index contributed by atoms with van der Waals surface area (Å²) in [6.07, 6.45) is 1.27. The monoisotopic (exact) mass is 365 g/mol. The zero-order valence-electron chi connectivity index (χ0n) is 14.2. The van der Waals surface area contributed by atoms with Gasteiger partial charge < -0.3 is 10.0 Å². The summed E-state index contributed by atoms with van der Waals surface area (Å²) < 4.78 is 1.76. The highest BCUT2D eigenvalue weighted by molar-refractivity contribution is 6.38. The molecule has 0 unspecified atom stereocenters. The van der Waals surface area contributed by atoms with E-state index in [1.54, 1.807) is 18.5 Å². The Bertz CT molecular complexity index is 827. The van der Waals surface area contributed by atoms with Crippen molar-refractivity contribution in [2.75, 3.05) is 32.7 Å². The molecule has 2 aromatic heterocycles. The first kappa shape index (κ1) is 17.6. The average Bonchev–Trinajstić information content (AvgIpc) is 2.90. The maximum Gasteiger partial charge on any atom is 0.338 e. The minimum atomic E-state index is -1.10. The number of carbonyl (C=O) groups excluding carboxylic acids is 1. The topological polar surface area (TPSA) is 91.6 Å². The summed E-state index contributed by atoms with van der Waals surface area (Å²) in [5.74, 6) is -0.990. The Balaban J connectivity index is 1.74. The smallest absolute Gasteiger partial charge is 0.338 e. The highest BCUT2D eigenvalue weighted by Gasteiger charge is 2.21. The molecule has 9 heteroatoms. The van der Waals surface area contributed by atoms with E-state index >= 15 is 0 Å². The van der Waals surface area contributed by atoms with Crippen LogP contribution in [0.2, 0.25) is 5.02 Å². The molecule has 1 fully saturated rings. The fourth-order valence-electron chi connectivity index (χ4n) is 3.10. The van der Waals surface area contributed by atoms with Crippen LogP contribution in [0, 0.1) is 6.92 Å². The van der Waals surface area contributed by atoms with Crippen molar-refractivity contribution in [1.82, 2.24) is 24.6 Å². The summed E-state index contributed by atoms with van der Waals surface area (Å²) in [4.78, 5) is 30.9. The second-order valence-electron chi connectivity index (χ2n) is 6.15. The van der Waals surface area contributed by atoms with Crippen LogP contribution in [0.1, 0.15) is 23.0 Å². The first-order valence-electron chi connectivity index (χ1n) is 8.11. The van der Waals surface area contributed by atoms with Crippen molar-refractivity contribution >= 4 is 34.5 Å². The molecule has 8 nitrogen and oxygen atoms in total. The van der Waals surface area contributed by atoms with Crippen molar-refractivity contribution in [1.29, 1.82) is 0 Å². The number of amides is 1. The molecule has 0 saturated carbocycles. The van der Waals surface area contributed by atoms with Crippen molar-refractivity contribution in [2.24, 2.45) is 0 Å². The summed E-state index contributed by atoms with van der Waals surface area (Å²) in [6, 6.07) is 0. The van der Waals surface area contributed by atoms with E-state index in [2.05, 4.69) is 15.0 Å².